The average Bonchev–Trinajstić information content (AvgIpc) is 3.09. The number of carbonyl (C=O) groups is 2. The number of carbonyl (C=O) groups excluding carboxylic acids is 2. The highest BCUT2D eigenvalue weighted by Gasteiger charge is 2.35. The molecule has 5 aromatic carbocycles. The fourth-order valence-corrected chi connectivity index (χ4v) is 7.14. The van der Waals surface area contributed by atoms with Crippen LogP contribution in [0.2, 0.25) is 5.02 Å². The zero-order valence-corrected chi connectivity index (χ0v) is 30.7. The minimum absolute atomic E-state index is 0.0106. The maximum atomic E-state index is 14.7. The molecule has 0 saturated carbocycles. The van der Waals surface area contributed by atoms with Crippen LogP contribution in [0.5, 0.6) is 11.5 Å². The van der Waals surface area contributed by atoms with Crippen molar-refractivity contribution in [2.24, 2.45) is 0 Å². The van der Waals surface area contributed by atoms with E-state index < -0.39 is 34.1 Å². The Morgan fingerprint density at radius 3 is 1.96 bits per heavy atom. The third kappa shape index (κ3) is 10.2. The van der Waals surface area contributed by atoms with Crippen molar-refractivity contribution < 1.29 is 22.7 Å². The summed E-state index contributed by atoms with van der Waals surface area (Å²) in [7, 11) is -4.26. The van der Waals surface area contributed by atoms with Crippen molar-refractivity contribution in [2.75, 3.05) is 10.8 Å². The van der Waals surface area contributed by atoms with E-state index in [1.54, 1.807) is 54.6 Å². The van der Waals surface area contributed by atoms with Crippen molar-refractivity contribution in [3.05, 3.63) is 155 Å². The van der Waals surface area contributed by atoms with Gasteiger partial charge >= 0.3 is 0 Å². The number of halogens is 1. The molecule has 264 valence electrons. The Kier molecular flexibility index (Phi) is 11.8. The summed E-state index contributed by atoms with van der Waals surface area (Å²) in [5, 5.41) is 3.51. The normalized spacial score (nSPS) is 12.1. The first-order valence-corrected chi connectivity index (χ1v) is 18.4. The first-order chi connectivity index (χ1) is 24.3. The molecule has 0 heterocycles. The number of hydrogen-bond donors (Lipinski definition) is 1. The minimum atomic E-state index is -4.26. The van der Waals surface area contributed by atoms with Gasteiger partial charge in [-0.25, -0.2) is 8.42 Å². The number of amides is 2. The number of nitrogens with zero attached hydrogens (tertiary/aromatic N) is 2. The molecule has 5 aromatic rings. The zero-order valence-electron chi connectivity index (χ0n) is 29.1. The Balaban J connectivity index is 1.57. The molecule has 0 saturated heterocycles. The van der Waals surface area contributed by atoms with Crippen LogP contribution in [0.4, 0.5) is 5.69 Å². The molecule has 1 atom stereocenters. The molecule has 10 heteroatoms. The molecule has 0 radical (unpaired) electrons. The van der Waals surface area contributed by atoms with E-state index in [1.807, 2.05) is 94.4 Å². The smallest absolute Gasteiger partial charge is 0.264 e. The standard InChI is InChI=1S/C41H42ClN3O5S/c1-30-18-24-37(25-19-30)51(48,49)45(34-20-22-36(23-21-34)50-35-16-9-6-10-17-35)29-39(46)44(28-32-14-11-15-33(42)26-32)38(40(47)43-41(2,3)4)27-31-12-7-5-8-13-31/h5-26,38H,27-29H2,1-4H3,(H,43,47). The maximum Gasteiger partial charge on any atom is 0.264 e. The minimum Gasteiger partial charge on any atom is -0.457 e. The summed E-state index contributed by atoms with van der Waals surface area (Å²) < 4.78 is 35.8. The monoisotopic (exact) mass is 723 g/mol. The van der Waals surface area contributed by atoms with Gasteiger partial charge < -0.3 is 15.0 Å². The summed E-state index contributed by atoms with van der Waals surface area (Å²) in [6, 6.07) is 37.7. The number of aryl methyl sites for hydroxylation is 1. The fourth-order valence-electron chi connectivity index (χ4n) is 5.51. The van der Waals surface area contributed by atoms with Gasteiger partial charge in [-0.1, -0.05) is 90.0 Å². The Morgan fingerprint density at radius 2 is 1.35 bits per heavy atom. The molecule has 2 amide bonds. The van der Waals surface area contributed by atoms with Crippen molar-refractivity contribution >= 4 is 39.1 Å². The van der Waals surface area contributed by atoms with Gasteiger partial charge in [0.1, 0.15) is 24.1 Å². The van der Waals surface area contributed by atoms with E-state index in [2.05, 4.69) is 5.32 Å². The van der Waals surface area contributed by atoms with Crippen LogP contribution in [-0.2, 0) is 32.6 Å². The summed E-state index contributed by atoms with van der Waals surface area (Å²) in [5.41, 5.74) is 2.08. The van der Waals surface area contributed by atoms with E-state index in [9.17, 15) is 18.0 Å². The highest BCUT2D eigenvalue weighted by molar-refractivity contribution is 7.92. The van der Waals surface area contributed by atoms with Crippen molar-refractivity contribution in [3.8, 4) is 11.5 Å². The third-order valence-electron chi connectivity index (χ3n) is 8.00. The predicted molar refractivity (Wildman–Crippen MR) is 203 cm³/mol. The summed E-state index contributed by atoms with van der Waals surface area (Å²) in [6.45, 7) is 6.91. The van der Waals surface area contributed by atoms with E-state index in [1.165, 1.54) is 17.0 Å². The number of anilines is 1. The largest absolute Gasteiger partial charge is 0.457 e. The third-order valence-corrected chi connectivity index (χ3v) is 10.0. The van der Waals surface area contributed by atoms with E-state index >= 15 is 0 Å². The highest BCUT2D eigenvalue weighted by atomic mass is 35.5. The Bertz CT molecular complexity index is 2030. The van der Waals surface area contributed by atoms with Gasteiger partial charge in [0.05, 0.1) is 10.6 Å². The zero-order chi connectivity index (χ0) is 36.6. The predicted octanol–water partition coefficient (Wildman–Crippen LogP) is 8.19. The van der Waals surface area contributed by atoms with Crippen LogP contribution in [-0.4, -0.2) is 43.3 Å². The number of ether oxygens (including phenoxy) is 1. The lowest BCUT2D eigenvalue weighted by atomic mass is 10.0. The molecule has 1 N–H and O–H groups in total. The number of hydrogen-bond acceptors (Lipinski definition) is 5. The number of benzene rings is 5. The molecule has 0 aliphatic rings. The quantitative estimate of drug-likeness (QED) is 0.132. The van der Waals surface area contributed by atoms with Gasteiger partial charge in [0.25, 0.3) is 10.0 Å². The highest BCUT2D eigenvalue weighted by Crippen LogP contribution is 2.29. The molecule has 0 aliphatic heterocycles. The molecule has 5 rings (SSSR count). The summed E-state index contributed by atoms with van der Waals surface area (Å²) >= 11 is 6.35. The molecule has 51 heavy (non-hydrogen) atoms. The molecule has 0 bridgehead atoms. The van der Waals surface area contributed by atoms with Gasteiger partial charge in [-0.3, -0.25) is 13.9 Å². The topological polar surface area (TPSA) is 96.0 Å². The van der Waals surface area contributed by atoms with E-state index in [-0.39, 0.29) is 29.5 Å². The summed E-state index contributed by atoms with van der Waals surface area (Å²) in [5.74, 6) is 0.185. The number of nitrogens with one attached hydrogen (secondary N) is 1. The van der Waals surface area contributed by atoms with Crippen LogP contribution < -0.4 is 14.4 Å². The van der Waals surface area contributed by atoms with Gasteiger partial charge in [0.15, 0.2) is 0 Å². The molecular formula is C41H42ClN3O5S. The molecule has 1 unspecified atom stereocenters. The van der Waals surface area contributed by atoms with Crippen molar-refractivity contribution in [2.45, 2.75) is 57.1 Å². The first kappa shape index (κ1) is 37.1. The van der Waals surface area contributed by atoms with E-state index in [0.29, 0.717) is 22.1 Å². The fraction of sp³-hybridized carbons (Fsp3) is 0.220. The molecular weight excluding hydrogens is 682 g/mol. The Morgan fingerprint density at radius 1 is 0.765 bits per heavy atom. The van der Waals surface area contributed by atoms with E-state index in [0.717, 1.165) is 15.4 Å². The average molecular weight is 724 g/mol. The van der Waals surface area contributed by atoms with Gasteiger partial charge in [-0.05, 0) is 99.5 Å². The molecule has 8 nitrogen and oxygen atoms in total. The van der Waals surface area contributed by atoms with Crippen LogP contribution >= 0.6 is 11.6 Å². The SMILES string of the molecule is Cc1ccc(S(=O)(=O)N(CC(=O)N(Cc2cccc(Cl)c2)C(Cc2ccccc2)C(=O)NC(C)(C)C)c2ccc(Oc3ccccc3)cc2)cc1. The van der Waals surface area contributed by atoms with Gasteiger partial charge in [0, 0.05) is 23.5 Å². The summed E-state index contributed by atoms with van der Waals surface area (Å²) in [4.78, 5) is 30.3. The first-order valence-electron chi connectivity index (χ1n) is 16.6. The number of para-hydroxylation sites is 1. The Hall–Kier alpha value is -5.12. The van der Waals surface area contributed by atoms with Crippen molar-refractivity contribution in [3.63, 3.8) is 0 Å². The second kappa shape index (κ2) is 16.3. The Labute approximate surface area is 305 Å². The maximum absolute atomic E-state index is 14.7. The van der Waals surface area contributed by atoms with Crippen LogP contribution in [0.3, 0.4) is 0 Å². The van der Waals surface area contributed by atoms with Crippen LogP contribution in [0, 0.1) is 6.92 Å². The number of sulfonamides is 1. The van der Waals surface area contributed by atoms with Crippen LogP contribution in [0.15, 0.2) is 138 Å². The molecule has 0 spiro atoms. The number of rotatable bonds is 13. The molecule has 0 fully saturated rings. The van der Waals surface area contributed by atoms with E-state index in [4.69, 9.17) is 16.3 Å². The van der Waals surface area contributed by atoms with Gasteiger partial charge in [0.2, 0.25) is 11.8 Å². The lowest BCUT2D eigenvalue weighted by Crippen LogP contribution is -2.56. The van der Waals surface area contributed by atoms with Crippen LogP contribution in [0.1, 0.15) is 37.5 Å². The second-order valence-corrected chi connectivity index (χ2v) is 15.6. The second-order valence-electron chi connectivity index (χ2n) is 13.3. The van der Waals surface area contributed by atoms with Crippen LogP contribution in [0.25, 0.3) is 0 Å². The lowest BCUT2D eigenvalue weighted by molar-refractivity contribution is -0.140. The molecule has 0 aliphatic carbocycles. The van der Waals surface area contributed by atoms with Crippen molar-refractivity contribution in [1.29, 1.82) is 0 Å². The van der Waals surface area contributed by atoms with Crippen molar-refractivity contribution in [1.82, 2.24) is 10.2 Å². The van der Waals surface area contributed by atoms with Gasteiger partial charge in [-0.15, -0.1) is 0 Å². The van der Waals surface area contributed by atoms with Gasteiger partial charge in [-0.2, -0.15) is 0 Å². The summed E-state index contributed by atoms with van der Waals surface area (Å²) in [6.07, 6.45) is 0.200. The molecule has 0 aromatic heterocycles. The lowest BCUT2D eigenvalue weighted by Gasteiger charge is -2.35.